The monoisotopic (exact) mass is 302 g/mol. The molecule has 0 spiro atoms. The van der Waals surface area contributed by atoms with Crippen LogP contribution in [-0.2, 0) is 0 Å². The van der Waals surface area contributed by atoms with Gasteiger partial charge in [-0.3, -0.25) is 14.9 Å². The highest BCUT2D eigenvalue weighted by molar-refractivity contribution is 7.99. The molecule has 8 heteroatoms. The van der Waals surface area contributed by atoms with Crippen LogP contribution in [0.3, 0.4) is 0 Å². The zero-order valence-electron chi connectivity index (χ0n) is 10.4. The quantitative estimate of drug-likeness (QED) is 0.684. The minimum absolute atomic E-state index is 0.329. The minimum Gasteiger partial charge on any atom is -0.352 e. The summed E-state index contributed by atoms with van der Waals surface area (Å²) in [6.45, 7) is 0.393. The number of hydrogen-bond acceptors (Lipinski definition) is 4. The first-order valence-electron chi connectivity index (χ1n) is 5.98. The number of rotatable bonds is 4. The van der Waals surface area contributed by atoms with E-state index in [0.29, 0.717) is 24.6 Å². The molecule has 2 rings (SSSR count). The lowest BCUT2D eigenvalue weighted by molar-refractivity contribution is -0.387. The molecule has 1 aromatic rings. The Hall–Kier alpha value is -1.70. The van der Waals surface area contributed by atoms with Crippen molar-refractivity contribution < 1.29 is 18.5 Å². The maximum absolute atomic E-state index is 13.6. The lowest BCUT2D eigenvalue weighted by atomic mass is 10.1. The van der Waals surface area contributed by atoms with E-state index in [2.05, 4.69) is 5.32 Å². The summed E-state index contributed by atoms with van der Waals surface area (Å²) in [5, 5.41) is 13.0. The van der Waals surface area contributed by atoms with Gasteiger partial charge in [-0.1, -0.05) is 0 Å². The maximum Gasteiger partial charge on any atom is 0.307 e. The van der Waals surface area contributed by atoms with Crippen LogP contribution in [0.1, 0.15) is 16.8 Å². The highest BCUT2D eigenvalue weighted by Crippen LogP contribution is 2.23. The molecule has 0 radical (unpaired) electrons. The lowest BCUT2D eigenvalue weighted by Gasteiger charge is -2.10. The molecule has 0 saturated carbocycles. The largest absolute Gasteiger partial charge is 0.352 e. The normalized spacial score (nSPS) is 18.0. The van der Waals surface area contributed by atoms with Gasteiger partial charge in [-0.05, 0) is 29.9 Å². The molecule has 0 aliphatic carbocycles. The van der Waals surface area contributed by atoms with Crippen LogP contribution in [0.4, 0.5) is 14.5 Å². The summed E-state index contributed by atoms with van der Waals surface area (Å²) in [5.41, 5.74) is -1.50. The first-order valence-corrected chi connectivity index (χ1v) is 7.14. The van der Waals surface area contributed by atoms with Gasteiger partial charge in [0, 0.05) is 6.54 Å². The number of carbonyl (C=O) groups is 1. The van der Waals surface area contributed by atoms with Gasteiger partial charge in [0.15, 0.2) is 0 Å². The van der Waals surface area contributed by atoms with E-state index in [1.807, 2.05) is 0 Å². The third-order valence-electron chi connectivity index (χ3n) is 3.05. The Morgan fingerprint density at radius 3 is 2.80 bits per heavy atom. The van der Waals surface area contributed by atoms with Gasteiger partial charge in [0.1, 0.15) is 5.82 Å². The first kappa shape index (κ1) is 14.7. The Bertz CT molecular complexity index is 548. The van der Waals surface area contributed by atoms with Crippen molar-refractivity contribution in [2.24, 2.45) is 5.92 Å². The Morgan fingerprint density at radius 1 is 1.45 bits per heavy atom. The van der Waals surface area contributed by atoms with Crippen LogP contribution >= 0.6 is 11.8 Å². The molecule has 108 valence electrons. The number of nitro groups is 1. The van der Waals surface area contributed by atoms with Crippen LogP contribution in [0.15, 0.2) is 12.1 Å². The molecule has 1 amide bonds. The molecule has 1 atom stereocenters. The smallest absolute Gasteiger partial charge is 0.307 e. The van der Waals surface area contributed by atoms with Crippen LogP contribution in [0, 0.1) is 27.7 Å². The second-order valence-corrected chi connectivity index (χ2v) is 5.63. The summed E-state index contributed by atoms with van der Waals surface area (Å²) >= 11 is 1.78. The molecule has 1 heterocycles. The molecule has 5 nitrogen and oxygen atoms in total. The van der Waals surface area contributed by atoms with E-state index < -0.39 is 33.7 Å². The fourth-order valence-corrected chi connectivity index (χ4v) is 3.21. The van der Waals surface area contributed by atoms with Crippen molar-refractivity contribution in [1.29, 1.82) is 0 Å². The Labute approximate surface area is 117 Å². The SMILES string of the molecule is O=C(NCC1CCSC1)c1cc(F)c([N+](=O)[O-])cc1F. The van der Waals surface area contributed by atoms with E-state index in [-0.39, 0.29) is 0 Å². The molecular formula is C12H12F2N2O3S. The predicted octanol–water partition coefficient (Wildman–Crippen LogP) is 2.36. The molecule has 1 aliphatic rings. The van der Waals surface area contributed by atoms with Crippen LogP contribution in [0.25, 0.3) is 0 Å². The zero-order chi connectivity index (χ0) is 14.7. The highest BCUT2D eigenvalue weighted by atomic mass is 32.2. The number of thioether (sulfide) groups is 1. The fraction of sp³-hybridized carbons (Fsp3) is 0.417. The standard InChI is InChI=1S/C12H12F2N2O3S/c13-9-4-11(16(18)19)10(14)3-8(9)12(17)15-5-7-1-2-20-6-7/h3-4,7H,1-2,5-6H2,(H,15,17). The molecule has 1 unspecified atom stereocenters. The van der Waals surface area contributed by atoms with E-state index in [1.165, 1.54) is 0 Å². The maximum atomic E-state index is 13.6. The number of benzene rings is 1. The van der Waals surface area contributed by atoms with Gasteiger partial charge in [0.05, 0.1) is 16.6 Å². The number of nitro benzene ring substituents is 1. The van der Waals surface area contributed by atoms with Crippen LogP contribution in [0.5, 0.6) is 0 Å². The second-order valence-electron chi connectivity index (χ2n) is 4.48. The topological polar surface area (TPSA) is 72.2 Å². The van der Waals surface area contributed by atoms with Crippen molar-refractivity contribution in [2.45, 2.75) is 6.42 Å². The average molecular weight is 302 g/mol. The number of nitrogens with zero attached hydrogens (tertiary/aromatic N) is 1. The number of hydrogen-bond donors (Lipinski definition) is 1. The lowest BCUT2D eigenvalue weighted by Crippen LogP contribution is -2.30. The average Bonchev–Trinajstić information content (AvgIpc) is 2.91. The van der Waals surface area contributed by atoms with Gasteiger partial charge in [0.2, 0.25) is 5.82 Å². The summed E-state index contributed by atoms with van der Waals surface area (Å²) in [6, 6.07) is 0.988. The molecule has 1 fully saturated rings. The highest BCUT2D eigenvalue weighted by Gasteiger charge is 2.23. The summed E-state index contributed by atoms with van der Waals surface area (Å²) < 4.78 is 27.0. The Balaban J connectivity index is 2.09. The summed E-state index contributed by atoms with van der Waals surface area (Å²) in [4.78, 5) is 21.2. The van der Waals surface area contributed by atoms with E-state index in [4.69, 9.17) is 0 Å². The van der Waals surface area contributed by atoms with Crippen molar-refractivity contribution >= 4 is 23.4 Å². The molecule has 0 aromatic heterocycles. The van der Waals surface area contributed by atoms with E-state index in [0.717, 1.165) is 17.9 Å². The van der Waals surface area contributed by atoms with Crippen LogP contribution < -0.4 is 5.32 Å². The summed E-state index contributed by atoms with van der Waals surface area (Å²) in [7, 11) is 0. The molecule has 20 heavy (non-hydrogen) atoms. The summed E-state index contributed by atoms with van der Waals surface area (Å²) in [5.74, 6) is -0.796. The number of nitrogens with one attached hydrogen (secondary N) is 1. The zero-order valence-corrected chi connectivity index (χ0v) is 11.2. The molecular weight excluding hydrogens is 290 g/mol. The molecule has 1 aromatic carbocycles. The van der Waals surface area contributed by atoms with Gasteiger partial charge < -0.3 is 5.32 Å². The molecule has 1 saturated heterocycles. The minimum atomic E-state index is -1.22. The van der Waals surface area contributed by atoms with Crippen molar-refractivity contribution in [1.82, 2.24) is 5.32 Å². The van der Waals surface area contributed by atoms with E-state index in [1.54, 1.807) is 11.8 Å². The Morgan fingerprint density at radius 2 is 2.20 bits per heavy atom. The van der Waals surface area contributed by atoms with Crippen LogP contribution in [0.2, 0.25) is 0 Å². The predicted molar refractivity (Wildman–Crippen MR) is 70.8 cm³/mol. The van der Waals surface area contributed by atoms with Crippen molar-refractivity contribution in [3.05, 3.63) is 39.4 Å². The Kier molecular flexibility index (Phi) is 4.53. The number of carbonyl (C=O) groups excluding carboxylic acids is 1. The molecule has 1 N–H and O–H groups in total. The van der Waals surface area contributed by atoms with Gasteiger partial charge in [0.25, 0.3) is 5.91 Å². The fourth-order valence-electron chi connectivity index (χ4n) is 1.93. The van der Waals surface area contributed by atoms with Gasteiger partial charge in [-0.15, -0.1) is 0 Å². The van der Waals surface area contributed by atoms with Crippen molar-refractivity contribution in [2.75, 3.05) is 18.1 Å². The summed E-state index contributed by atoms with van der Waals surface area (Å²) in [6.07, 6.45) is 0.974. The second kappa shape index (κ2) is 6.17. The van der Waals surface area contributed by atoms with E-state index >= 15 is 0 Å². The van der Waals surface area contributed by atoms with Crippen molar-refractivity contribution in [3.63, 3.8) is 0 Å². The van der Waals surface area contributed by atoms with Gasteiger partial charge in [-0.25, -0.2) is 4.39 Å². The first-order chi connectivity index (χ1) is 9.49. The van der Waals surface area contributed by atoms with Gasteiger partial charge in [-0.2, -0.15) is 16.2 Å². The molecule has 1 aliphatic heterocycles. The van der Waals surface area contributed by atoms with E-state index in [9.17, 15) is 23.7 Å². The number of halogens is 2. The van der Waals surface area contributed by atoms with Crippen LogP contribution in [-0.4, -0.2) is 28.9 Å². The third-order valence-corrected chi connectivity index (χ3v) is 4.28. The van der Waals surface area contributed by atoms with Crippen molar-refractivity contribution in [3.8, 4) is 0 Å². The third kappa shape index (κ3) is 3.24. The molecule has 0 bridgehead atoms. The number of amides is 1. The van der Waals surface area contributed by atoms with Gasteiger partial charge >= 0.3 is 5.69 Å².